The Morgan fingerprint density at radius 1 is 1.14 bits per heavy atom. The van der Waals surface area contributed by atoms with E-state index in [0.717, 1.165) is 17.4 Å². The number of thiazole rings is 1. The third kappa shape index (κ3) is 5.26. The van der Waals surface area contributed by atoms with Crippen LogP contribution in [0.25, 0.3) is 10.9 Å². The topological polar surface area (TPSA) is 138 Å². The van der Waals surface area contributed by atoms with Crippen LogP contribution in [0.1, 0.15) is 48.9 Å². The number of halogens is 2. The van der Waals surface area contributed by atoms with Gasteiger partial charge in [0.05, 0.1) is 0 Å². The molecule has 2 aromatic carbocycles. The van der Waals surface area contributed by atoms with E-state index in [-0.39, 0.29) is 34.1 Å². The van der Waals surface area contributed by atoms with E-state index in [1.807, 2.05) is 0 Å². The molecule has 2 aromatic heterocycles. The number of anilines is 1. The first-order chi connectivity index (χ1) is 16.8. The quantitative estimate of drug-likeness (QED) is 0.256. The highest BCUT2D eigenvalue weighted by atomic mass is 32.1. The van der Waals surface area contributed by atoms with E-state index in [1.54, 1.807) is 18.2 Å². The van der Waals surface area contributed by atoms with Crippen LogP contribution in [-0.4, -0.2) is 39.3 Å². The lowest BCUT2D eigenvalue weighted by molar-refractivity contribution is 0.0689. The Labute approximate surface area is 201 Å². The number of aryl methyl sites for hydroxylation is 1. The van der Waals surface area contributed by atoms with E-state index in [0.29, 0.717) is 41.9 Å². The molecule has 35 heavy (non-hydrogen) atoms. The Bertz CT molecular complexity index is 1450. The number of amides is 1. The number of ketones is 1. The molecule has 0 atom stereocenters. The number of hydrogen-bond donors (Lipinski definition) is 4. The Balaban J connectivity index is 1.51. The highest BCUT2D eigenvalue weighted by Crippen LogP contribution is 2.26. The summed E-state index contributed by atoms with van der Waals surface area (Å²) in [5.74, 6) is -3.63. The molecule has 2 heterocycles. The molecule has 0 radical (unpaired) electrons. The van der Waals surface area contributed by atoms with Crippen molar-refractivity contribution in [3.8, 4) is 0 Å². The van der Waals surface area contributed by atoms with E-state index in [4.69, 9.17) is 5.73 Å². The van der Waals surface area contributed by atoms with Crippen LogP contribution in [0.3, 0.4) is 0 Å². The van der Waals surface area contributed by atoms with E-state index in [2.05, 4.69) is 15.3 Å². The summed E-state index contributed by atoms with van der Waals surface area (Å²) in [5.41, 5.74) is 7.16. The summed E-state index contributed by atoms with van der Waals surface area (Å²) in [6.07, 6.45) is 0.724. The first-order valence-electron chi connectivity index (χ1n) is 10.6. The minimum Gasteiger partial charge on any atom is -0.477 e. The molecular weight excluding hydrogens is 478 g/mol. The molecule has 5 N–H and O–H groups in total. The molecule has 4 aromatic rings. The minimum atomic E-state index is -1.10. The van der Waals surface area contributed by atoms with Crippen molar-refractivity contribution >= 4 is 45.0 Å². The highest BCUT2D eigenvalue weighted by molar-refractivity contribution is 7.14. The van der Waals surface area contributed by atoms with Gasteiger partial charge in [-0.2, -0.15) is 0 Å². The van der Waals surface area contributed by atoms with Gasteiger partial charge in [0.15, 0.2) is 10.9 Å². The number of aromatic carboxylic acids is 1. The highest BCUT2D eigenvalue weighted by Gasteiger charge is 2.19. The molecule has 0 bridgehead atoms. The molecule has 0 aliphatic heterocycles. The minimum absolute atomic E-state index is 0.0426. The lowest BCUT2D eigenvalue weighted by atomic mass is 10.0. The van der Waals surface area contributed by atoms with Gasteiger partial charge in [-0.3, -0.25) is 14.9 Å². The van der Waals surface area contributed by atoms with Crippen LogP contribution in [0.5, 0.6) is 0 Å². The second-order valence-corrected chi connectivity index (χ2v) is 8.62. The number of H-pyrrole nitrogens is 1. The Morgan fingerprint density at radius 2 is 1.94 bits per heavy atom. The zero-order valence-corrected chi connectivity index (χ0v) is 19.0. The van der Waals surface area contributed by atoms with Crippen molar-refractivity contribution in [1.82, 2.24) is 9.97 Å². The van der Waals surface area contributed by atoms with Crippen LogP contribution in [0.2, 0.25) is 0 Å². The molecule has 0 saturated carbocycles. The van der Waals surface area contributed by atoms with Crippen molar-refractivity contribution in [2.75, 3.05) is 11.9 Å². The van der Waals surface area contributed by atoms with Gasteiger partial charge in [0.1, 0.15) is 23.0 Å². The summed E-state index contributed by atoms with van der Waals surface area (Å²) < 4.78 is 26.9. The van der Waals surface area contributed by atoms with Crippen LogP contribution >= 0.6 is 11.3 Å². The number of rotatable bonds is 9. The van der Waals surface area contributed by atoms with Crippen LogP contribution in [-0.2, 0) is 12.8 Å². The van der Waals surface area contributed by atoms with Crippen molar-refractivity contribution in [3.63, 3.8) is 0 Å². The average molecular weight is 499 g/mol. The van der Waals surface area contributed by atoms with E-state index in [9.17, 15) is 28.3 Å². The second-order valence-electron chi connectivity index (χ2n) is 7.76. The van der Waals surface area contributed by atoms with Crippen molar-refractivity contribution < 1.29 is 28.3 Å². The maximum Gasteiger partial charge on any atom is 0.352 e. The molecule has 11 heteroatoms. The number of nitrogens with two attached hydrogens (primary N) is 1. The smallest absolute Gasteiger partial charge is 0.352 e. The largest absolute Gasteiger partial charge is 0.477 e. The summed E-state index contributed by atoms with van der Waals surface area (Å²) in [4.78, 5) is 43.8. The number of aromatic amines is 1. The fraction of sp³-hybridized carbons (Fsp3) is 0.167. The molecule has 1 amide bonds. The maximum absolute atomic E-state index is 13.8. The van der Waals surface area contributed by atoms with Crippen LogP contribution in [0.4, 0.5) is 13.9 Å². The van der Waals surface area contributed by atoms with Gasteiger partial charge in [0.25, 0.3) is 5.91 Å². The van der Waals surface area contributed by atoms with Crippen molar-refractivity contribution in [1.29, 1.82) is 0 Å². The Morgan fingerprint density at radius 3 is 2.66 bits per heavy atom. The predicted octanol–water partition coefficient (Wildman–Crippen LogP) is 4.17. The number of carbonyl (C=O) groups is 3. The number of benzene rings is 2. The summed E-state index contributed by atoms with van der Waals surface area (Å²) in [5, 5.41) is 14.3. The number of Topliss-reactive ketones (excluding diaryl/α,β-unsaturated/α-hetero) is 1. The third-order valence-electron chi connectivity index (χ3n) is 5.39. The SMILES string of the molecule is NCCCc1c(C(=O)O)[nH]c2ccc(C(=O)Nc3nc(C(=O)Cc4ccc(F)cc4F)cs3)cc12. The first kappa shape index (κ1) is 24.2. The summed E-state index contributed by atoms with van der Waals surface area (Å²) in [7, 11) is 0. The molecule has 180 valence electrons. The monoisotopic (exact) mass is 498 g/mol. The maximum atomic E-state index is 13.8. The Kier molecular flexibility index (Phi) is 6.99. The summed E-state index contributed by atoms with van der Waals surface area (Å²) >= 11 is 1.03. The molecule has 0 fully saturated rings. The number of carboxylic acids is 1. The van der Waals surface area contributed by atoms with Gasteiger partial charge in [-0.05, 0) is 54.8 Å². The number of nitrogens with zero attached hydrogens (tertiary/aromatic N) is 1. The van der Waals surface area contributed by atoms with Gasteiger partial charge in [0.2, 0.25) is 0 Å². The fourth-order valence-corrected chi connectivity index (χ4v) is 4.38. The van der Waals surface area contributed by atoms with Crippen LogP contribution in [0.15, 0.2) is 41.8 Å². The molecule has 4 rings (SSSR count). The number of carbonyl (C=O) groups excluding carboxylic acids is 2. The molecular formula is C24H20F2N4O4S. The third-order valence-corrected chi connectivity index (χ3v) is 6.15. The van der Waals surface area contributed by atoms with Gasteiger partial charge in [-0.15, -0.1) is 11.3 Å². The lowest BCUT2D eigenvalue weighted by Crippen LogP contribution is -2.12. The van der Waals surface area contributed by atoms with Crippen molar-refractivity contribution in [2.24, 2.45) is 5.73 Å². The zero-order chi connectivity index (χ0) is 25.1. The lowest BCUT2D eigenvalue weighted by Gasteiger charge is -2.04. The van der Waals surface area contributed by atoms with E-state index in [1.165, 1.54) is 11.4 Å². The summed E-state index contributed by atoms with van der Waals surface area (Å²) in [6, 6.07) is 7.74. The van der Waals surface area contributed by atoms with Crippen molar-refractivity contribution in [3.05, 3.63) is 81.5 Å². The normalized spacial score (nSPS) is 11.1. The predicted molar refractivity (Wildman–Crippen MR) is 127 cm³/mol. The number of carboxylic acid groups (broad SMARTS) is 1. The van der Waals surface area contributed by atoms with Crippen LogP contribution in [0, 0.1) is 11.6 Å². The molecule has 8 nitrogen and oxygen atoms in total. The molecule has 0 spiro atoms. The van der Waals surface area contributed by atoms with Gasteiger partial charge in [0, 0.05) is 34.3 Å². The molecule has 0 unspecified atom stereocenters. The number of fused-ring (bicyclic) bond motifs is 1. The van der Waals surface area contributed by atoms with Crippen LogP contribution < -0.4 is 11.1 Å². The number of aromatic nitrogens is 2. The second kappa shape index (κ2) is 10.1. The molecule has 0 aliphatic rings. The molecule has 0 aliphatic carbocycles. The first-order valence-corrected chi connectivity index (χ1v) is 11.5. The fourth-order valence-electron chi connectivity index (χ4n) is 3.67. The number of nitrogens with one attached hydrogen (secondary N) is 2. The van der Waals surface area contributed by atoms with Crippen molar-refractivity contribution in [2.45, 2.75) is 19.3 Å². The average Bonchev–Trinajstić information content (AvgIpc) is 3.43. The molecule has 0 saturated heterocycles. The standard InChI is InChI=1S/C24H20F2N4O4S/c25-14-5-3-12(17(26)10-14)9-20(31)19-11-35-24(29-19)30-22(32)13-4-6-18-16(8-13)15(2-1-7-27)21(28-18)23(33)34/h3-6,8,10-11,28H,1-2,7,9,27H2,(H,33,34)(H,29,30,32). The van der Waals surface area contributed by atoms with E-state index < -0.39 is 29.3 Å². The van der Waals surface area contributed by atoms with Gasteiger partial charge in [-0.25, -0.2) is 18.6 Å². The van der Waals surface area contributed by atoms with Gasteiger partial charge in [-0.1, -0.05) is 6.07 Å². The summed E-state index contributed by atoms with van der Waals surface area (Å²) in [6.45, 7) is 0.394. The zero-order valence-electron chi connectivity index (χ0n) is 18.2. The van der Waals surface area contributed by atoms with E-state index >= 15 is 0 Å². The Hall–Kier alpha value is -3.96. The van der Waals surface area contributed by atoms with Gasteiger partial charge < -0.3 is 15.8 Å². The number of hydrogen-bond acceptors (Lipinski definition) is 6. The van der Waals surface area contributed by atoms with Gasteiger partial charge >= 0.3 is 5.97 Å².